The Morgan fingerprint density at radius 2 is 1.81 bits per heavy atom. The molecule has 1 aromatic rings. The summed E-state index contributed by atoms with van der Waals surface area (Å²) in [4.78, 5) is 33.9. The SMILES string of the molecule is O=C[C@@H](OC(=O)C(=O)Cc1ccccc1)[C@H](O)[C@H](O)CO. The lowest BCUT2D eigenvalue weighted by atomic mass is 10.1. The summed E-state index contributed by atoms with van der Waals surface area (Å²) in [6, 6.07) is 8.44. The number of carbonyl (C=O) groups excluding carboxylic acids is 3. The smallest absolute Gasteiger partial charge is 0.375 e. The van der Waals surface area contributed by atoms with Crippen molar-refractivity contribution in [2.75, 3.05) is 6.61 Å². The molecule has 3 N–H and O–H groups in total. The molecule has 7 nitrogen and oxygen atoms in total. The summed E-state index contributed by atoms with van der Waals surface area (Å²) < 4.78 is 4.54. The van der Waals surface area contributed by atoms with Gasteiger partial charge in [0.2, 0.25) is 5.78 Å². The van der Waals surface area contributed by atoms with E-state index < -0.39 is 36.7 Å². The van der Waals surface area contributed by atoms with Crippen LogP contribution >= 0.6 is 0 Å². The number of aldehydes is 1. The molecule has 0 saturated heterocycles. The highest BCUT2D eigenvalue weighted by Crippen LogP contribution is 2.06. The Bertz CT molecular complexity index is 485. The molecule has 0 aliphatic rings. The highest BCUT2D eigenvalue weighted by Gasteiger charge is 2.30. The van der Waals surface area contributed by atoms with E-state index in [-0.39, 0.29) is 12.7 Å². The van der Waals surface area contributed by atoms with Gasteiger partial charge >= 0.3 is 5.97 Å². The van der Waals surface area contributed by atoms with Crippen molar-refractivity contribution in [3.05, 3.63) is 35.9 Å². The van der Waals surface area contributed by atoms with Gasteiger partial charge in [0.05, 0.1) is 6.61 Å². The van der Waals surface area contributed by atoms with Crippen LogP contribution in [-0.2, 0) is 25.5 Å². The van der Waals surface area contributed by atoms with Crippen molar-refractivity contribution in [1.29, 1.82) is 0 Å². The van der Waals surface area contributed by atoms with Crippen LogP contribution in [0.5, 0.6) is 0 Å². The van der Waals surface area contributed by atoms with E-state index in [1.165, 1.54) is 0 Å². The van der Waals surface area contributed by atoms with Crippen molar-refractivity contribution in [1.82, 2.24) is 0 Å². The lowest BCUT2D eigenvalue weighted by Gasteiger charge is -2.21. The number of hydrogen-bond donors (Lipinski definition) is 3. The first-order valence-electron chi connectivity index (χ1n) is 6.19. The van der Waals surface area contributed by atoms with Crippen molar-refractivity contribution >= 4 is 18.0 Å². The third-order valence-electron chi connectivity index (χ3n) is 2.73. The predicted molar refractivity (Wildman–Crippen MR) is 70.2 cm³/mol. The van der Waals surface area contributed by atoms with E-state index in [0.717, 1.165) is 0 Å². The molecular formula is C14H16O7. The Kier molecular flexibility index (Phi) is 6.67. The monoisotopic (exact) mass is 296 g/mol. The molecule has 0 fully saturated rings. The maximum atomic E-state index is 11.6. The molecule has 0 bridgehead atoms. The molecule has 7 heteroatoms. The highest BCUT2D eigenvalue weighted by molar-refractivity contribution is 6.34. The summed E-state index contributed by atoms with van der Waals surface area (Å²) in [5.74, 6) is -2.18. The number of esters is 1. The van der Waals surface area contributed by atoms with Crippen molar-refractivity contribution < 1.29 is 34.4 Å². The molecule has 0 aliphatic carbocycles. The van der Waals surface area contributed by atoms with Crippen LogP contribution in [-0.4, -0.2) is 58.3 Å². The quantitative estimate of drug-likeness (QED) is 0.307. The second-order valence-electron chi connectivity index (χ2n) is 4.33. The number of benzene rings is 1. The minimum atomic E-state index is -1.80. The Balaban J connectivity index is 2.62. The zero-order valence-corrected chi connectivity index (χ0v) is 11.1. The maximum Gasteiger partial charge on any atom is 0.375 e. The molecule has 3 atom stereocenters. The fraction of sp³-hybridized carbons (Fsp3) is 0.357. The predicted octanol–water partition coefficient (Wildman–Crippen LogP) is -1.38. The van der Waals surface area contributed by atoms with Gasteiger partial charge in [-0.3, -0.25) is 9.59 Å². The molecule has 0 heterocycles. The van der Waals surface area contributed by atoms with Gasteiger partial charge in [0, 0.05) is 6.42 Å². The average molecular weight is 296 g/mol. The molecule has 0 unspecified atom stereocenters. The number of hydrogen-bond acceptors (Lipinski definition) is 7. The molecule has 0 radical (unpaired) electrons. The fourth-order valence-corrected chi connectivity index (χ4v) is 1.55. The van der Waals surface area contributed by atoms with Gasteiger partial charge in [-0.15, -0.1) is 0 Å². The Morgan fingerprint density at radius 3 is 2.33 bits per heavy atom. The first-order chi connectivity index (χ1) is 9.99. The summed E-state index contributed by atoms with van der Waals surface area (Å²) in [6.07, 6.45) is -5.31. The van der Waals surface area contributed by atoms with E-state index in [4.69, 9.17) is 5.11 Å². The van der Waals surface area contributed by atoms with Crippen LogP contribution in [0.4, 0.5) is 0 Å². The van der Waals surface area contributed by atoms with Crippen LogP contribution in [0, 0.1) is 0 Å². The normalized spacial score (nSPS) is 14.8. The molecule has 0 saturated carbocycles. The molecule has 0 aliphatic heterocycles. The van der Waals surface area contributed by atoms with Crippen molar-refractivity contribution in [2.24, 2.45) is 0 Å². The van der Waals surface area contributed by atoms with Crippen LogP contribution in [0.1, 0.15) is 5.56 Å². The van der Waals surface area contributed by atoms with Crippen molar-refractivity contribution in [3.8, 4) is 0 Å². The number of aliphatic hydroxyl groups excluding tert-OH is 3. The van der Waals surface area contributed by atoms with Crippen molar-refractivity contribution in [2.45, 2.75) is 24.7 Å². The second kappa shape index (κ2) is 8.25. The van der Waals surface area contributed by atoms with E-state index in [0.29, 0.717) is 5.56 Å². The summed E-state index contributed by atoms with van der Waals surface area (Å²) >= 11 is 0. The van der Waals surface area contributed by atoms with Gasteiger partial charge in [-0.2, -0.15) is 0 Å². The minimum absolute atomic E-state index is 0.0806. The van der Waals surface area contributed by atoms with Crippen LogP contribution in [0.2, 0.25) is 0 Å². The number of rotatable bonds is 8. The minimum Gasteiger partial charge on any atom is -0.446 e. The number of ether oxygens (including phenoxy) is 1. The van der Waals surface area contributed by atoms with Crippen LogP contribution < -0.4 is 0 Å². The summed E-state index contributed by atoms with van der Waals surface area (Å²) in [5, 5.41) is 27.3. The maximum absolute atomic E-state index is 11.6. The van der Waals surface area contributed by atoms with Gasteiger partial charge in [-0.25, -0.2) is 4.79 Å². The standard InChI is InChI=1S/C14H16O7/c15-7-11(18)13(19)12(8-16)21-14(20)10(17)6-9-4-2-1-3-5-9/h1-5,8,11-13,15,18-19H,6-7H2/t11-,12-,13-/m1/s1. The lowest BCUT2D eigenvalue weighted by molar-refractivity contribution is -0.168. The van der Waals surface area contributed by atoms with Crippen LogP contribution in [0.15, 0.2) is 30.3 Å². The third-order valence-corrected chi connectivity index (χ3v) is 2.73. The van der Waals surface area contributed by atoms with Gasteiger partial charge in [0.15, 0.2) is 12.4 Å². The number of ketones is 1. The van der Waals surface area contributed by atoms with Gasteiger partial charge in [0.25, 0.3) is 0 Å². The first-order valence-corrected chi connectivity index (χ1v) is 6.19. The first kappa shape index (κ1) is 17.0. The molecule has 21 heavy (non-hydrogen) atoms. The van der Waals surface area contributed by atoms with Gasteiger partial charge in [0.1, 0.15) is 12.2 Å². The van der Waals surface area contributed by atoms with Gasteiger partial charge in [-0.1, -0.05) is 30.3 Å². The van der Waals surface area contributed by atoms with Crippen LogP contribution in [0.3, 0.4) is 0 Å². The molecule has 1 rings (SSSR count). The highest BCUT2D eigenvalue weighted by atomic mass is 16.6. The second-order valence-corrected chi connectivity index (χ2v) is 4.33. The number of carbonyl (C=O) groups is 3. The summed E-state index contributed by atoms with van der Waals surface area (Å²) in [5.41, 5.74) is 0.595. The topological polar surface area (TPSA) is 121 Å². The van der Waals surface area contributed by atoms with Gasteiger partial charge in [-0.05, 0) is 5.56 Å². The molecule has 1 aromatic carbocycles. The Hall–Kier alpha value is -2.09. The number of aliphatic hydroxyl groups is 3. The molecule has 0 spiro atoms. The Labute approximate surface area is 120 Å². The summed E-state index contributed by atoms with van der Waals surface area (Å²) in [7, 11) is 0. The van der Waals surface area contributed by atoms with E-state index in [1.807, 2.05) is 0 Å². The molecule has 0 aromatic heterocycles. The van der Waals surface area contributed by atoms with E-state index in [9.17, 15) is 24.6 Å². The molecule has 114 valence electrons. The Morgan fingerprint density at radius 1 is 1.19 bits per heavy atom. The molecular weight excluding hydrogens is 280 g/mol. The van der Waals surface area contributed by atoms with Crippen molar-refractivity contribution in [3.63, 3.8) is 0 Å². The average Bonchev–Trinajstić information content (AvgIpc) is 2.51. The zero-order valence-electron chi connectivity index (χ0n) is 11.1. The lowest BCUT2D eigenvalue weighted by Crippen LogP contribution is -2.44. The zero-order chi connectivity index (χ0) is 15.8. The largest absolute Gasteiger partial charge is 0.446 e. The van der Waals surface area contributed by atoms with E-state index in [1.54, 1.807) is 30.3 Å². The fourth-order valence-electron chi connectivity index (χ4n) is 1.55. The molecule has 0 amide bonds. The summed E-state index contributed by atoms with van der Waals surface area (Å²) in [6.45, 7) is -0.818. The van der Waals surface area contributed by atoms with E-state index >= 15 is 0 Å². The van der Waals surface area contributed by atoms with Crippen LogP contribution in [0.25, 0.3) is 0 Å². The third kappa shape index (κ3) is 5.07. The van der Waals surface area contributed by atoms with Gasteiger partial charge < -0.3 is 20.1 Å². The number of Topliss-reactive ketones (excluding diaryl/α,β-unsaturated/α-hetero) is 1. The van der Waals surface area contributed by atoms with E-state index in [2.05, 4.69) is 4.74 Å².